The number of cyclic esters (lactones) is 1. The van der Waals surface area contributed by atoms with Gasteiger partial charge in [-0.25, -0.2) is 4.79 Å². The minimum absolute atomic E-state index is 0.367. The molecule has 1 aromatic rings. The Morgan fingerprint density at radius 3 is 2.40 bits per heavy atom. The Kier molecular flexibility index (Phi) is 2.44. The molecule has 0 bridgehead atoms. The van der Waals surface area contributed by atoms with Crippen LogP contribution in [0.3, 0.4) is 0 Å². The van der Waals surface area contributed by atoms with Gasteiger partial charge in [0.25, 0.3) is 0 Å². The van der Waals surface area contributed by atoms with E-state index in [2.05, 4.69) is 5.32 Å². The third-order valence-electron chi connectivity index (χ3n) is 4.63. The molecule has 6 heteroatoms. The molecule has 1 heterocycles. The summed E-state index contributed by atoms with van der Waals surface area (Å²) in [5.41, 5.74) is 1.54. The molecule has 2 saturated carbocycles. The number of rotatable bonds is 3. The number of anilines is 1. The van der Waals surface area contributed by atoms with E-state index < -0.39 is 18.8 Å². The molecule has 1 aromatic carbocycles. The summed E-state index contributed by atoms with van der Waals surface area (Å²) in [4.78, 5) is 11.9. The molecule has 104 valence electrons. The van der Waals surface area contributed by atoms with E-state index in [1.54, 1.807) is 18.2 Å². The lowest BCUT2D eigenvalue weighted by Gasteiger charge is -2.39. The SMILES string of the molecule is O=C1Nc2ccc(B(O)O)cc2C(C2CC2)(C2CC2)O1. The Hall–Kier alpha value is -1.53. The van der Waals surface area contributed by atoms with E-state index >= 15 is 0 Å². The third-order valence-corrected chi connectivity index (χ3v) is 4.63. The van der Waals surface area contributed by atoms with Crippen molar-refractivity contribution in [1.82, 2.24) is 0 Å². The van der Waals surface area contributed by atoms with Crippen molar-refractivity contribution in [3.63, 3.8) is 0 Å². The summed E-state index contributed by atoms with van der Waals surface area (Å²) in [5.74, 6) is 0.733. The average Bonchev–Trinajstić information content (AvgIpc) is 3.29. The number of ether oxygens (including phenoxy) is 1. The molecule has 2 fully saturated rings. The van der Waals surface area contributed by atoms with E-state index in [4.69, 9.17) is 4.74 Å². The fourth-order valence-corrected chi connectivity index (χ4v) is 3.46. The Morgan fingerprint density at radius 1 is 1.20 bits per heavy atom. The molecule has 20 heavy (non-hydrogen) atoms. The summed E-state index contributed by atoms with van der Waals surface area (Å²) in [5, 5.41) is 21.5. The molecule has 4 rings (SSSR count). The van der Waals surface area contributed by atoms with Crippen LogP contribution in [0.5, 0.6) is 0 Å². The van der Waals surface area contributed by atoms with Crippen molar-refractivity contribution in [3.05, 3.63) is 23.8 Å². The largest absolute Gasteiger partial charge is 0.488 e. The fourth-order valence-electron chi connectivity index (χ4n) is 3.46. The van der Waals surface area contributed by atoms with Crippen LogP contribution in [0.15, 0.2) is 18.2 Å². The van der Waals surface area contributed by atoms with E-state index in [0.717, 1.165) is 36.9 Å². The highest BCUT2D eigenvalue weighted by atomic mass is 16.6. The lowest BCUT2D eigenvalue weighted by atomic mass is 9.74. The topological polar surface area (TPSA) is 78.8 Å². The first kappa shape index (κ1) is 12.2. The van der Waals surface area contributed by atoms with Gasteiger partial charge in [0.2, 0.25) is 0 Å². The number of amides is 1. The summed E-state index contributed by atoms with van der Waals surface area (Å²) >= 11 is 0. The first-order valence-electron chi connectivity index (χ1n) is 7.12. The average molecular weight is 273 g/mol. The van der Waals surface area contributed by atoms with Crippen LogP contribution in [-0.4, -0.2) is 23.3 Å². The maximum Gasteiger partial charge on any atom is 0.488 e. The number of fused-ring (bicyclic) bond motifs is 1. The monoisotopic (exact) mass is 273 g/mol. The van der Waals surface area contributed by atoms with Crippen molar-refractivity contribution in [3.8, 4) is 0 Å². The lowest BCUT2D eigenvalue weighted by molar-refractivity contribution is -0.0265. The van der Waals surface area contributed by atoms with Crippen molar-refractivity contribution < 1.29 is 19.6 Å². The molecule has 0 atom stereocenters. The van der Waals surface area contributed by atoms with E-state index in [-0.39, 0.29) is 0 Å². The summed E-state index contributed by atoms with van der Waals surface area (Å²) < 4.78 is 5.77. The molecular weight excluding hydrogens is 257 g/mol. The zero-order valence-corrected chi connectivity index (χ0v) is 11.0. The molecule has 1 aliphatic heterocycles. The molecule has 3 N–H and O–H groups in total. The van der Waals surface area contributed by atoms with Gasteiger partial charge in [0.05, 0.1) is 5.69 Å². The molecule has 2 aliphatic carbocycles. The Bertz CT molecular complexity index is 569. The second kappa shape index (κ2) is 3.99. The van der Waals surface area contributed by atoms with Crippen LogP contribution < -0.4 is 10.8 Å². The zero-order chi connectivity index (χ0) is 13.9. The summed E-state index contributed by atoms with van der Waals surface area (Å²) in [6.45, 7) is 0. The van der Waals surface area contributed by atoms with Crippen LogP contribution >= 0.6 is 0 Å². The summed E-state index contributed by atoms with van der Waals surface area (Å²) in [6.07, 6.45) is 3.86. The summed E-state index contributed by atoms with van der Waals surface area (Å²) in [7, 11) is -1.51. The maximum atomic E-state index is 11.9. The van der Waals surface area contributed by atoms with E-state index in [0.29, 0.717) is 17.3 Å². The van der Waals surface area contributed by atoms with Gasteiger partial charge in [0.15, 0.2) is 0 Å². The molecule has 0 spiro atoms. The molecule has 5 nitrogen and oxygen atoms in total. The van der Waals surface area contributed by atoms with E-state index in [9.17, 15) is 14.8 Å². The molecule has 0 aromatic heterocycles. The Morgan fingerprint density at radius 2 is 1.85 bits per heavy atom. The fraction of sp³-hybridized carbons (Fsp3) is 0.500. The second-order valence-electron chi connectivity index (χ2n) is 6.03. The normalized spacial score (nSPS) is 23.6. The number of hydrogen-bond acceptors (Lipinski definition) is 4. The van der Waals surface area contributed by atoms with Gasteiger partial charge in [-0.1, -0.05) is 12.1 Å². The first-order valence-corrected chi connectivity index (χ1v) is 7.12. The van der Waals surface area contributed by atoms with Crippen molar-refractivity contribution >= 4 is 24.4 Å². The number of benzene rings is 1. The summed E-state index contributed by atoms with van der Waals surface area (Å²) in [6, 6.07) is 5.14. The highest BCUT2D eigenvalue weighted by Crippen LogP contribution is 2.61. The van der Waals surface area contributed by atoms with Gasteiger partial charge < -0.3 is 14.8 Å². The smallest absolute Gasteiger partial charge is 0.437 e. The maximum absolute atomic E-state index is 11.9. The quantitative estimate of drug-likeness (QED) is 0.716. The third kappa shape index (κ3) is 1.68. The van der Waals surface area contributed by atoms with Gasteiger partial charge in [-0.05, 0) is 37.2 Å². The highest BCUT2D eigenvalue weighted by Gasteiger charge is 2.60. The second-order valence-corrected chi connectivity index (χ2v) is 6.03. The van der Waals surface area contributed by atoms with Crippen LogP contribution in [0.1, 0.15) is 31.2 Å². The predicted molar refractivity (Wildman–Crippen MR) is 73.5 cm³/mol. The van der Waals surface area contributed by atoms with Crippen molar-refractivity contribution in [2.45, 2.75) is 31.3 Å². The van der Waals surface area contributed by atoms with Crippen LogP contribution in [0.4, 0.5) is 10.5 Å². The minimum atomic E-state index is -1.51. The number of hydrogen-bond donors (Lipinski definition) is 3. The van der Waals surface area contributed by atoms with Gasteiger partial charge in [-0.3, -0.25) is 5.32 Å². The van der Waals surface area contributed by atoms with Crippen LogP contribution in [0, 0.1) is 11.8 Å². The van der Waals surface area contributed by atoms with Gasteiger partial charge in [0.1, 0.15) is 5.60 Å². The highest BCUT2D eigenvalue weighted by molar-refractivity contribution is 6.58. The minimum Gasteiger partial charge on any atom is -0.437 e. The first-order chi connectivity index (χ1) is 9.61. The van der Waals surface area contributed by atoms with Crippen molar-refractivity contribution in [1.29, 1.82) is 0 Å². The standard InChI is InChI=1S/C14H16BNO4/c17-13-16-12-6-5-10(15(18)19)7-11(12)14(20-13,8-1-2-8)9-3-4-9/h5-9,18-19H,1-4H2,(H,16,17). The molecule has 0 unspecified atom stereocenters. The number of carbonyl (C=O) groups excluding carboxylic acids is 1. The number of nitrogens with one attached hydrogen (secondary N) is 1. The molecule has 1 amide bonds. The Labute approximate surface area is 117 Å². The van der Waals surface area contributed by atoms with E-state index in [1.165, 1.54) is 0 Å². The van der Waals surface area contributed by atoms with Gasteiger partial charge in [0, 0.05) is 17.4 Å². The number of carbonyl (C=O) groups is 1. The zero-order valence-electron chi connectivity index (χ0n) is 11.0. The van der Waals surface area contributed by atoms with Crippen molar-refractivity contribution in [2.75, 3.05) is 5.32 Å². The van der Waals surface area contributed by atoms with Crippen molar-refractivity contribution in [2.24, 2.45) is 11.8 Å². The van der Waals surface area contributed by atoms with Gasteiger partial charge in [-0.15, -0.1) is 0 Å². The molecule has 0 saturated heterocycles. The van der Waals surface area contributed by atoms with Gasteiger partial charge >= 0.3 is 13.2 Å². The Balaban J connectivity index is 1.89. The molecule has 3 aliphatic rings. The van der Waals surface area contributed by atoms with Crippen LogP contribution in [0.25, 0.3) is 0 Å². The molecular formula is C14H16BNO4. The van der Waals surface area contributed by atoms with Crippen LogP contribution in [-0.2, 0) is 10.3 Å². The van der Waals surface area contributed by atoms with E-state index in [1.807, 2.05) is 0 Å². The van der Waals surface area contributed by atoms with Crippen LogP contribution in [0.2, 0.25) is 0 Å². The molecule has 0 radical (unpaired) electrons. The van der Waals surface area contributed by atoms with Gasteiger partial charge in [-0.2, -0.15) is 0 Å². The lowest BCUT2D eigenvalue weighted by Crippen LogP contribution is -2.44. The predicted octanol–water partition coefficient (Wildman–Crippen LogP) is 0.944.